The molecule has 0 aliphatic carbocycles. The summed E-state index contributed by atoms with van der Waals surface area (Å²) >= 11 is 0. The highest BCUT2D eigenvalue weighted by atomic mass is 19.1. The Labute approximate surface area is 120 Å². The predicted molar refractivity (Wildman–Crippen MR) is 75.6 cm³/mol. The van der Waals surface area contributed by atoms with Gasteiger partial charge in [0.15, 0.2) is 0 Å². The zero-order valence-corrected chi connectivity index (χ0v) is 11.4. The topological polar surface area (TPSA) is 77.8 Å². The van der Waals surface area contributed by atoms with Gasteiger partial charge in [-0.1, -0.05) is 17.3 Å². The molecule has 0 spiro atoms. The van der Waals surface area contributed by atoms with Crippen molar-refractivity contribution in [3.05, 3.63) is 53.5 Å². The molecule has 3 aromatic rings. The summed E-state index contributed by atoms with van der Waals surface area (Å²) in [7, 11) is 0. The van der Waals surface area contributed by atoms with E-state index in [9.17, 15) is 4.39 Å². The highest BCUT2D eigenvalue weighted by Gasteiger charge is 2.14. The standard InChI is InChI=1S/C15H13FN4O/c1-9-2-4-11(16)6-12(9)14-19-15(21-20-14)13-5-3-10(7-17)8-18-13/h2-6,8H,7,17H2,1H3. The second kappa shape index (κ2) is 5.41. The van der Waals surface area contributed by atoms with Gasteiger partial charge >= 0.3 is 0 Å². The van der Waals surface area contributed by atoms with Gasteiger partial charge in [0.05, 0.1) is 0 Å². The number of nitrogens with zero attached hydrogens (tertiary/aromatic N) is 3. The van der Waals surface area contributed by atoms with Crippen molar-refractivity contribution in [3.8, 4) is 23.0 Å². The van der Waals surface area contributed by atoms with Crippen molar-refractivity contribution >= 4 is 0 Å². The predicted octanol–water partition coefficient (Wildman–Crippen LogP) is 2.70. The molecule has 0 bridgehead atoms. The quantitative estimate of drug-likeness (QED) is 0.800. The number of aromatic nitrogens is 3. The summed E-state index contributed by atoms with van der Waals surface area (Å²) in [6, 6.07) is 8.06. The lowest BCUT2D eigenvalue weighted by atomic mass is 10.1. The Bertz CT molecular complexity index is 768. The highest BCUT2D eigenvalue weighted by molar-refractivity contribution is 5.61. The van der Waals surface area contributed by atoms with E-state index in [-0.39, 0.29) is 11.7 Å². The number of rotatable bonds is 3. The zero-order chi connectivity index (χ0) is 14.8. The van der Waals surface area contributed by atoms with Crippen molar-refractivity contribution < 1.29 is 8.91 Å². The van der Waals surface area contributed by atoms with Gasteiger partial charge in [-0.15, -0.1) is 0 Å². The number of hydrogen-bond donors (Lipinski definition) is 1. The van der Waals surface area contributed by atoms with Crippen molar-refractivity contribution in [2.45, 2.75) is 13.5 Å². The molecule has 0 amide bonds. The molecule has 0 aliphatic heterocycles. The van der Waals surface area contributed by atoms with Crippen molar-refractivity contribution in [2.75, 3.05) is 0 Å². The molecule has 5 nitrogen and oxygen atoms in total. The van der Waals surface area contributed by atoms with E-state index in [4.69, 9.17) is 10.3 Å². The first kappa shape index (κ1) is 13.4. The first-order valence-electron chi connectivity index (χ1n) is 6.43. The summed E-state index contributed by atoms with van der Waals surface area (Å²) in [4.78, 5) is 8.49. The molecule has 2 N–H and O–H groups in total. The lowest BCUT2D eigenvalue weighted by Gasteiger charge is -1.99. The van der Waals surface area contributed by atoms with Crippen molar-refractivity contribution in [3.63, 3.8) is 0 Å². The Hall–Kier alpha value is -2.60. The molecule has 6 heteroatoms. The number of nitrogens with two attached hydrogens (primary N) is 1. The lowest BCUT2D eigenvalue weighted by Crippen LogP contribution is -1.96. The fraction of sp³-hybridized carbons (Fsp3) is 0.133. The van der Waals surface area contributed by atoms with Gasteiger partial charge in [-0.05, 0) is 36.2 Å². The molecule has 0 radical (unpaired) electrons. The Morgan fingerprint density at radius 1 is 1.24 bits per heavy atom. The van der Waals surface area contributed by atoms with Gasteiger partial charge < -0.3 is 10.3 Å². The second-order valence-corrected chi connectivity index (χ2v) is 4.64. The smallest absolute Gasteiger partial charge is 0.276 e. The normalized spacial score (nSPS) is 10.8. The van der Waals surface area contributed by atoms with Crippen LogP contribution in [0.2, 0.25) is 0 Å². The molecule has 0 unspecified atom stereocenters. The molecule has 0 saturated carbocycles. The minimum Gasteiger partial charge on any atom is -0.332 e. The summed E-state index contributed by atoms with van der Waals surface area (Å²) in [6.45, 7) is 2.28. The summed E-state index contributed by atoms with van der Waals surface area (Å²) < 4.78 is 18.5. The second-order valence-electron chi connectivity index (χ2n) is 4.64. The Balaban J connectivity index is 1.97. The van der Waals surface area contributed by atoms with Crippen LogP contribution in [0.5, 0.6) is 0 Å². The van der Waals surface area contributed by atoms with Crippen LogP contribution >= 0.6 is 0 Å². The largest absolute Gasteiger partial charge is 0.332 e. The average Bonchev–Trinajstić information content (AvgIpc) is 2.99. The molecule has 3 rings (SSSR count). The highest BCUT2D eigenvalue weighted by Crippen LogP contribution is 2.24. The summed E-state index contributed by atoms with van der Waals surface area (Å²) in [5.74, 6) is 0.288. The van der Waals surface area contributed by atoms with E-state index in [0.717, 1.165) is 11.1 Å². The van der Waals surface area contributed by atoms with Crippen LogP contribution in [-0.4, -0.2) is 15.1 Å². The van der Waals surface area contributed by atoms with Gasteiger partial charge in [0.1, 0.15) is 11.5 Å². The fourth-order valence-corrected chi connectivity index (χ4v) is 1.94. The van der Waals surface area contributed by atoms with E-state index in [1.807, 2.05) is 13.0 Å². The molecule has 0 aliphatic rings. The summed E-state index contributed by atoms with van der Waals surface area (Å²) in [6.07, 6.45) is 1.66. The zero-order valence-electron chi connectivity index (χ0n) is 11.4. The summed E-state index contributed by atoms with van der Waals surface area (Å²) in [5.41, 5.74) is 8.47. The van der Waals surface area contributed by atoms with E-state index in [2.05, 4.69) is 15.1 Å². The van der Waals surface area contributed by atoms with Crippen LogP contribution < -0.4 is 5.73 Å². The van der Waals surface area contributed by atoms with Gasteiger partial charge in [0, 0.05) is 18.3 Å². The Morgan fingerprint density at radius 3 is 2.81 bits per heavy atom. The monoisotopic (exact) mass is 284 g/mol. The number of benzene rings is 1. The van der Waals surface area contributed by atoms with Gasteiger partial charge in [0.25, 0.3) is 5.89 Å². The molecule has 2 heterocycles. The number of halogens is 1. The maximum absolute atomic E-state index is 13.3. The minimum absolute atomic E-state index is 0.289. The lowest BCUT2D eigenvalue weighted by molar-refractivity contribution is 0.431. The molecule has 0 atom stereocenters. The van der Waals surface area contributed by atoms with Gasteiger partial charge in [0.2, 0.25) is 5.82 Å². The first-order chi connectivity index (χ1) is 10.2. The Morgan fingerprint density at radius 2 is 2.10 bits per heavy atom. The maximum atomic E-state index is 13.3. The molecule has 0 saturated heterocycles. The number of hydrogen-bond acceptors (Lipinski definition) is 5. The minimum atomic E-state index is -0.340. The van der Waals surface area contributed by atoms with Crippen LogP contribution in [0, 0.1) is 12.7 Å². The van der Waals surface area contributed by atoms with Crippen LogP contribution in [0.25, 0.3) is 23.0 Å². The number of aryl methyl sites for hydroxylation is 1. The van der Waals surface area contributed by atoms with Gasteiger partial charge in [-0.25, -0.2) is 4.39 Å². The van der Waals surface area contributed by atoms with Crippen molar-refractivity contribution in [1.29, 1.82) is 0 Å². The summed E-state index contributed by atoms with van der Waals surface area (Å²) in [5, 5.41) is 3.89. The van der Waals surface area contributed by atoms with Gasteiger partial charge in [-0.2, -0.15) is 4.98 Å². The van der Waals surface area contributed by atoms with E-state index in [0.29, 0.717) is 23.6 Å². The molecular formula is C15H13FN4O. The van der Waals surface area contributed by atoms with Crippen LogP contribution in [0.1, 0.15) is 11.1 Å². The van der Waals surface area contributed by atoms with E-state index < -0.39 is 0 Å². The SMILES string of the molecule is Cc1ccc(F)cc1-c1noc(-c2ccc(CN)cn2)n1. The van der Waals surface area contributed by atoms with Gasteiger partial charge in [-0.3, -0.25) is 4.98 Å². The van der Waals surface area contributed by atoms with E-state index in [1.165, 1.54) is 12.1 Å². The van der Waals surface area contributed by atoms with Crippen LogP contribution in [-0.2, 0) is 6.54 Å². The molecular weight excluding hydrogens is 271 g/mol. The molecule has 2 aromatic heterocycles. The van der Waals surface area contributed by atoms with Crippen molar-refractivity contribution in [2.24, 2.45) is 5.73 Å². The van der Waals surface area contributed by atoms with Crippen LogP contribution in [0.4, 0.5) is 4.39 Å². The van der Waals surface area contributed by atoms with Crippen molar-refractivity contribution in [1.82, 2.24) is 15.1 Å². The third-order valence-corrected chi connectivity index (χ3v) is 3.15. The van der Waals surface area contributed by atoms with E-state index >= 15 is 0 Å². The van der Waals surface area contributed by atoms with Crippen LogP contribution in [0.3, 0.4) is 0 Å². The average molecular weight is 284 g/mol. The fourth-order valence-electron chi connectivity index (χ4n) is 1.94. The third-order valence-electron chi connectivity index (χ3n) is 3.15. The number of pyridine rings is 1. The first-order valence-corrected chi connectivity index (χ1v) is 6.43. The Kier molecular flexibility index (Phi) is 3.45. The maximum Gasteiger partial charge on any atom is 0.276 e. The molecule has 106 valence electrons. The van der Waals surface area contributed by atoms with Crippen LogP contribution in [0.15, 0.2) is 41.1 Å². The molecule has 0 fully saturated rings. The molecule has 1 aromatic carbocycles. The van der Waals surface area contributed by atoms with E-state index in [1.54, 1.807) is 18.3 Å². The molecule has 21 heavy (non-hydrogen) atoms. The third kappa shape index (κ3) is 2.66.